The van der Waals surface area contributed by atoms with Gasteiger partial charge < -0.3 is 9.32 Å². The molecule has 4 rings (SSSR count). The van der Waals surface area contributed by atoms with Crippen LogP contribution >= 0.6 is 11.3 Å². The summed E-state index contributed by atoms with van der Waals surface area (Å²) >= 11 is 1.51. The number of hydrogen-bond acceptors (Lipinski definition) is 5. The summed E-state index contributed by atoms with van der Waals surface area (Å²) in [6.07, 6.45) is 1.60. The Hall–Kier alpha value is -2.61. The highest BCUT2D eigenvalue weighted by atomic mass is 32.1. The molecule has 0 aliphatic carbocycles. The zero-order chi connectivity index (χ0) is 18.1. The molecule has 1 amide bonds. The highest BCUT2D eigenvalue weighted by Gasteiger charge is 2.29. The summed E-state index contributed by atoms with van der Waals surface area (Å²) in [7, 11) is 0. The summed E-state index contributed by atoms with van der Waals surface area (Å²) in [5, 5.41) is 10.1. The first-order valence-electron chi connectivity index (χ1n) is 8.23. The molecule has 8 heteroatoms. The van der Waals surface area contributed by atoms with E-state index >= 15 is 0 Å². The number of aromatic nitrogens is 2. The number of likely N-dealkylation sites (tertiary alicyclic amines) is 1. The van der Waals surface area contributed by atoms with Crippen LogP contribution in [0.15, 0.2) is 40.1 Å². The quantitative estimate of drug-likeness (QED) is 0.692. The molecule has 0 bridgehead atoms. The molecule has 0 N–H and O–H groups in total. The highest BCUT2D eigenvalue weighted by molar-refractivity contribution is 7.13. The summed E-state index contributed by atoms with van der Waals surface area (Å²) in [5.41, 5.74) is 0.134. The number of nitrogens with zero attached hydrogens (tertiary/aromatic N) is 3. The minimum atomic E-state index is -1.03. The average molecular weight is 375 g/mol. The predicted molar refractivity (Wildman–Crippen MR) is 91.8 cm³/mol. The topological polar surface area (TPSA) is 59.2 Å². The molecule has 1 aliphatic heterocycles. The Morgan fingerprint density at radius 1 is 1.23 bits per heavy atom. The van der Waals surface area contributed by atoms with Gasteiger partial charge in [-0.05, 0) is 42.5 Å². The molecular weight excluding hydrogens is 360 g/mol. The van der Waals surface area contributed by atoms with Gasteiger partial charge in [0.15, 0.2) is 11.6 Å². The van der Waals surface area contributed by atoms with E-state index in [9.17, 15) is 13.6 Å². The zero-order valence-corrected chi connectivity index (χ0v) is 14.5. The summed E-state index contributed by atoms with van der Waals surface area (Å²) in [6, 6.07) is 7.01. The van der Waals surface area contributed by atoms with Crippen molar-refractivity contribution in [1.29, 1.82) is 0 Å². The maximum Gasteiger partial charge on any atom is 0.257 e. The van der Waals surface area contributed by atoms with Gasteiger partial charge in [0.2, 0.25) is 5.89 Å². The monoisotopic (exact) mass is 375 g/mol. The van der Waals surface area contributed by atoms with Gasteiger partial charge in [-0.1, -0.05) is 6.07 Å². The number of carbonyl (C=O) groups excluding carboxylic acids is 1. The lowest BCUT2D eigenvalue weighted by Crippen LogP contribution is -2.39. The third-order valence-corrected chi connectivity index (χ3v) is 5.25. The van der Waals surface area contributed by atoms with Gasteiger partial charge in [-0.25, -0.2) is 8.78 Å². The molecule has 1 saturated heterocycles. The van der Waals surface area contributed by atoms with Crippen LogP contribution in [0, 0.1) is 11.6 Å². The largest absolute Gasteiger partial charge is 0.420 e. The van der Waals surface area contributed by atoms with Crippen LogP contribution < -0.4 is 0 Å². The van der Waals surface area contributed by atoms with Crippen LogP contribution in [0.1, 0.15) is 35.0 Å². The maximum absolute atomic E-state index is 13.4. The third-order valence-electron chi connectivity index (χ3n) is 4.40. The second kappa shape index (κ2) is 6.95. The van der Waals surface area contributed by atoms with E-state index in [1.165, 1.54) is 17.4 Å². The van der Waals surface area contributed by atoms with Crippen LogP contribution in [-0.4, -0.2) is 34.1 Å². The van der Waals surface area contributed by atoms with Crippen molar-refractivity contribution < 1.29 is 18.0 Å². The van der Waals surface area contributed by atoms with E-state index < -0.39 is 11.6 Å². The van der Waals surface area contributed by atoms with Gasteiger partial charge in [-0.3, -0.25) is 4.79 Å². The Morgan fingerprint density at radius 3 is 2.88 bits per heavy atom. The van der Waals surface area contributed by atoms with Gasteiger partial charge in [-0.2, -0.15) is 0 Å². The molecule has 5 nitrogen and oxygen atoms in total. The summed E-state index contributed by atoms with van der Waals surface area (Å²) in [4.78, 5) is 15.1. The molecular formula is C18H15F2N3O2S. The van der Waals surface area contributed by atoms with E-state index in [2.05, 4.69) is 10.2 Å². The average Bonchev–Trinajstić information content (AvgIpc) is 3.35. The van der Waals surface area contributed by atoms with Crippen molar-refractivity contribution in [3.8, 4) is 10.8 Å². The van der Waals surface area contributed by atoms with E-state index in [1.54, 1.807) is 4.90 Å². The SMILES string of the molecule is O=C(c1ccc(F)c(F)c1)N1CCC[C@H](c2nnc(-c3cccs3)o2)C1. The molecule has 0 spiro atoms. The number of halogens is 2. The van der Waals surface area contributed by atoms with Crippen LogP contribution in [0.5, 0.6) is 0 Å². The maximum atomic E-state index is 13.4. The van der Waals surface area contributed by atoms with E-state index in [0.717, 1.165) is 29.9 Å². The normalized spacial score (nSPS) is 17.5. The van der Waals surface area contributed by atoms with Crippen LogP contribution in [0.4, 0.5) is 8.78 Å². The summed E-state index contributed by atoms with van der Waals surface area (Å²) < 4.78 is 32.3. The van der Waals surface area contributed by atoms with Crippen molar-refractivity contribution in [3.05, 3.63) is 58.8 Å². The van der Waals surface area contributed by atoms with Gasteiger partial charge in [-0.15, -0.1) is 21.5 Å². The third kappa shape index (κ3) is 3.24. The van der Waals surface area contributed by atoms with Crippen molar-refractivity contribution in [2.75, 3.05) is 13.1 Å². The molecule has 0 saturated carbocycles. The molecule has 26 heavy (non-hydrogen) atoms. The molecule has 1 atom stereocenters. The molecule has 1 fully saturated rings. The van der Waals surface area contributed by atoms with E-state index in [-0.39, 0.29) is 17.4 Å². The first kappa shape index (κ1) is 16.8. The van der Waals surface area contributed by atoms with Crippen LogP contribution in [0.25, 0.3) is 10.8 Å². The standard InChI is InChI=1S/C18H15F2N3O2S/c19-13-6-5-11(9-14(13)20)18(24)23-7-1-3-12(10-23)16-21-22-17(25-16)15-4-2-8-26-15/h2,4-6,8-9,12H,1,3,7,10H2/t12-/m0/s1. The number of rotatable bonds is 3. The summed E-state index contributed by atoms with van der Waals surface area (Å²) in [6.45, 7) is 0.962. The zero-order valence-electron chi connectivity index (χ0n) is 13.7. The highest BCUT2D eigenvalue weighted by Crippen LogP contribution is 2.30. The molecule has 2 aromatic heterocycles. The van der Waals surface area contributed by atoms with E-state index in [1.807, 2.05) is 17.5 Å². The molecule has 1 aromatic carbocycles. The molecule has 0 radical (unpaired) electrons. The van der Waals surface area contributed by atoms with Gasteiger partial charge in [0, 0.05) is 18.7 Å². The first-order chi connectivity index (χ1) is 12.6. The minimum absolute atomic E-state index is 0.0702. The predicted octanol–water partition coefficient (Wildman–Crippen LogP) is 4.10. The minimum Gasteiger partial charge on any atom is -0.420 e. The number of amides is 1. The van der Waals surface area contributed by atoms with Gasteiger partial charge in [0.1, 0.15) is 0 Å². The van der Waals surface area contributed by atoms with Crippen LogP contribution in [0.3, 0.4) is 0 Å². The number of piperidine rings is 1. The van der Waals surface area contributed by atoms with E-state index in [0.29, 0.717) is 24.9 Å². The second-order valence-electron chi connectivity index (χ2n) is 6.14. The van der Waals surface area contributed by atoms with E-state index in [4.69, 9.17) is 4.42 Å². The lowest BCUT2D eigenvalue weighted by atomic mass is 9.97. The fourth-order valence-corrected chi connectivity index (χ4v) is 3.72. The van der Waals surface area contributed by atoms with Crippen molar-refractivity contribution in [2.45, 2.75) is 18.8 Å². The second-order valence-corrected chi connectivity index (χ2v) is 7.09. The Kier molecular flexibility index (Phi) is 4.50. The van der Waals surface area contributed by atoms with Crippen molar-refractivity contribution >= 4 is 17.2 Å². The van der Waals surface area contributed by atoms with Crippen LogP contribution in [-0.2, 0) is 0 Å². The molecule has 134 valence electrons. The lowest BCUT2D eigenvalue weighted by molar-refractivity contribution is 0.0698. The Bertz CT molecular complexity index is 926. The van der Waals surface area contributed by atoms with Crippen molar-refractivity contribution in [1.82, 2.24) is 15.1 Å². The lowest BCUT2D eigenvalue weighted by Gasteiger charge is -2.31. The molecule has 3 heterocycles. The Balaban J connectivity index is 1.50. The van der Waals surface area contributed by atoms with Gasteiger partial charge >= 0.3 is 0 Å². The molecule has 3 aromatic rings. The van der Waals surface area contributed by atoms with Crippen LogP contribution in [0.2, 0.25) is 0 Å². The summed E-state index contributed by atoms with van der Waals surface area (Å²) in [5.74, 6) is -1.42. The Morgan fingerprint density at radius 2 is 2.12 bits per heavy atom. The van der Waals surface area contributed by atoms with Crippen molar-refractivity contribution in [2.24, 2.45) is 0 Å². The van der Waals surface area contributed by atoms with Gasteiger partial charge in [0.05, 0.1) is 10.8 Å². The number of benzene rings is 1. The fourth-order valence-electron chi connectivity index (χ4n) is 3.07. The number of carbonyl (C=O) groups is 1. The number of hydrogen-bond donors (Lipinski definition) is 0. The Labute approximate surface area is 152 Å². The first-order valence-corrected chi connectivity index (χ1v) is 9.11. The smallest absolute Gasteiger partial charge is 0.257 e. The fraction of sp³-hybridized carbons (Fsp3) is 0.278. The van der Waals surface area contributed by atoms with Crippen molar-refractivity contribution in [3.63, 3.8) is 0 Å². The molecule has 0 unspecified atom stereocenters. The van der Waals surface area contributed by atoms with Gasteiger partial charge in [0.25, 0.3) is 11.8 Å². The molecule has 1 aliphatic rings. The number of thiophene rings is 1.